The molecule has 0 aliphatic heterocycles. The molecule has 7 nitrogen and oxygen atoms in total. The Kier molecular flexibility index (Phi) is 10.6. The lowest BCUT2D eigenvalue weighted by Crippen LogP contribution is -2.50. The number of aliphatic hydroxyl groups is 4. The van der Waals surface area contributed by atoms with E-state index in [4.69, 9.17) is 10.2 Å². The summed E-state index contributed by atoms with van der Waals surface area (Å²) in [6.07, 6.45) is -1.54. The predicted molar refractivity (Wildman–Crippen MR) is 73.3 cm³/mol. The Morgan fingerprint density at radius 2 is 1.60 bits per heavy atom. The van der Waals surface area contributed by atoms with Crippen molar-refractivity contribution in [1.29, 1.82) is 0 Å². The smallest absolute Gasteiger partial charge is 0.335 e. The summed E-state index contributed by atoms with van der Waals surface area (Å²) < 4.78 is 0. The van der Waals surface area contributed by atoms with E-state index < -0.39 is 30.4 Å². The molecule has 0 spiro atoms. The van der Waals surface area contributed by atoms with E-state index in [1.807, 2.05) is 0 Å². The number of aliphatic carboxylic acids is 1. The molecule has 0 aromatic heterocycles. The molecule has 0 amide bonds. The molecule has 0 aromatic carbocycles. The maximum absolute atomic E-state index is 10.4. The van der Waals surface area contributed by atoms with Gasteiger partial charge in [0.05, 0.1) is 6.10 Å². The summed E-state index contributed by atoms with van der Waals surface area (Å²) in [6, 6.07) is 0. The van der Waals surface area contributed by atoms with Crippen molar-refractivity contribution < 1.29 is 30.3 Å². The van der Waals surface area contributed by atoms with Gasteiger partial charge in [-0.1, -0.05) is 32.6 Å². The van der Waals surface area contributed by atoms with E-state index in [0.717, 1.165) is 19.3 Å². The van der Waals surface area contributed by atoms with Crippen molar-refractivity contribution in [1.82, 2.24) is 5.32 Å². The van der Waals surface area contributed by atoms with Crippen molar-refractivity contribution in [2.24, 2.45) is 0 Å². The number of hydrogen-bond acceptors (Lipinski definition) is 6. The minimum atomic E-state index is -2.12. The zero-order chi connectivity index (χ0) is 15.5. The van der Waals surface area contributed by atoms with Gasteiger partial charge < -0.3 is 30.8 Å². The van der Waals surface area contributed by atoms with E-state index in [-0.39, 0.29) is 6.54 Å². The fraction of sp³-hybridized carbons (Fsp3) is 0.923. The maximum Gasteiger partial charge on any atom is 0.335 e. The van der Waals surface area contributed by atoms with Crippen LogP contribution in [0.3, 0.4) is 0 Å². The Labute approximate surface area is 119 Å². The molecule has 0 radical (unpaired) electrons. The third kappa shape index (κ3) is 7.76. The highest BCUT2D eigenvalue weighted by Crippen LogP contribution is 2.05. The van der Waals surface area contributed by atoms with Crippen LogP contribution in [0.4, 0.5) is 0 Å². The molecular formula is C13H27NO6. The average molecular weight is 293 g/mol. The number of carboxylic acids is 1. The van der Waals surface area contributed by atoms with E-state index in [0.29, 0.717) is 6.54 Å². The van der Waals surface area contributed by atoms with Crippen molar-refractivity contribution in [3.63, 3.8) is 0 Å². The second-order valence-electron chi connectivity index (χ2n) is 4.95. The van der Waals surface area contributed by atoms with Crippen LogP contribution >= 0.6 is 0 Å². The number of unbranched alkanes of at least 4 members (excludes halogenated alkanes) is 4. The summed E-state index contributed by atoms with van der Waals surface area (Å²) in [5.41, 5.74) is 0. The van der Waals surface area contributed by atoms with Crippen LogP contribution in [-0.4, -0.2) is 69.0 Å². The van der Waals surface area contributed by atoms with E-state index in [2.05, 4.69) is 12.2 Å². The summed E-state index contributed by atoms with van der Waals surface area (Å²) in [5.74, 6) is -1.65. The number of carbonyl (C=O) groups is 1. The van der Waals surface area contributed by atoms with Gasteiger partial charge in [-0.3, -0.25) is 0 Å². The quantitative estimate of drug-likeness (QED) is 0.256. The predicted octanol–water partition coefficient (Wildman–Crippen LogP) is -0.925. The second kappa shape index (κ2) is 11.0. The SMILES string of the molecule is CCCCCCCNC[C@H](O)[C@@H](O)[C@H](O)[C@H](O)C(=O)O. The topological polar surface area (TPSA) is 130 Å². The molecule has 120 valence electrons. The fourth-order valence-corrected chi connectivity index (χ4v) is 1.78. The molecular weight excluding hydrogens is 266 g/mol. The molecule has 0 bridgehead atoms. The van der Waals surface area contributed by atoms with Crippen molar-refractivity contribution in [3.8, 4) is 0 Å². The van der Waals surface area contributed by atoms with Gasteiger partial charge in [-0.15, -0.1) is 0 Å². The van der Waals surface area contributed by atoms with Gasteiger partial charge in [0.1, 0.15) is 12.2 Å². The standard InChI is InChI=1S/C13H27NO6/c1-2-3-4-5-6-7-14-8-9(15)10(16)11(17)12(18)13(19)20/h9-12,14-18H,2-8H2,1H3,(H,19,20)/t9-,10+,11-,12-/m0/s1. The minimum Gasteiger partial charge on any atom is -0.479 e. The first kappa shape index (κ1) is 19.3. The van der Waals surface area contributed by atoms with Gasteiger partial charge in [-0.2, -0.15) is 0 Å². The van der Waals surface area contributed by atoms with E-state index in [1.165, 1.54) is 12.8 Å². The monoisotopic (exact) mass is 293 g/mol. The number of aliphatic hydroxyl groups excluding tert-OH is 4. The molecule has 0 heterocycles. The maximum atomic E-state index is 10.4. The van der Waals surface area contributed by atoms with Crippen LogP contribution in [0, 0.1) is 0 Å². The second-order valence-corrected chi connectivity index (χ2v) is 4.95. The van der Waals surface area contributed by atoms with Gasteiger partial charge in [-0.25, -0.2) is 4.79 Å². The molecule has 0 aliphatic rings. The van der Waals surface area contributed by atoms with Crippen LogP contribution in [0.5, 0.6) is 0 Å². The summed E-state index contributed by atoms with van der Waals surface area (Å²) in [6.45, 7) is 2.83. The molecule has 7 heteroatoms. The Hall–Kier alpha value is -0.730. The largest absolute Gasteiger partial charge is 0.479 e. The Balaban J connectivity index is 3.79. The highest BCUT2D eigenvalue weighted by molar-refractivity contribution is 5.72. The third-order valence-electron chi connectivity index (χ3n) is 3.13. The highest BCUT2D eigenvalue weighted by Gasteiger charge is 2.33. The Morgan fingerprint density at radius 1 is 1.00 bits per heavy atom. The first-order chi connectivity index (χ1) is 9.41. The Bertz CT molecular complexity index is 263. The van der Waals surface area contributed by atoms with E-state index >= 15 is 0 Å². The molecule has 0 saturated carbocycles. The van der Waals surface area contributed by atoms with Gasteiger partial charge in [0.15, 0.2) is 6.10 Å². The minimum absolute atomic E-state index is 0.0261. The van der Waals surface area contributed by atoms with Crippen LogP contribution in [0.25, 0.3) is 0 Å². The lowest BCUT2D eigenvalue weighted by molar-refractivity contribution is -0.162. The summed E-state index contributed by atoms with van der Waals surface area (Å²) in [4.78, 5) is 10.4. The fourth-order valence-electron chi connectivity index (χ4n) is 1.78. The van der Waals surface area contributed by atoms with Crippen molar-refractivity contribution in [2.75, 3.05) is 13.1 Å². The van der Waals surface area contributed by atoms with Crippen LogP contribution in [-0.2, 0) is 4.79 Å². The van der Waals surface area contributed by atoms with Crippen LogP contribution in [0.15, 0.2) is 0 Å². The van der Waals surface area contributed by atoms with E-state index in [9.17, 15) is 20.1 Å². The lowest BCUT2D eigenvalue weighted by Gasteiger charge is -2.24. The summed E-state index contributed by atoms with van der Waals surface area (Å²) >= 11 is 0. The number of hydrogen-bond donors (Lipinski definition) is 6. The van der Waals surface area contributed by atoms with Gasteiger partial charge in [0.2, 0.25) is 0 Å². The van der Waals surface area contributed by atoms with Crippen LogP contribution < -0.4 is 5.32 Å². The molecule has 0 unspecified atom stereocenters. The normalized spacial score (nSPS) is 17.4. The molecule has 6 N–H and O–H groups in total. The highest BCUT2D eigenvalue weighted by atomic mass is 16.4. The molecule has 4 atom stereocenters. The lowest BCUT2D eigenvalue weighted by atomic mass is 10.0. The number of nitrogens with one attached hydrogen (secondary N) is 1. The van der Waals surface area contributed by atoms with Gasteiger partial charge in [-0.05, 0) is 13.0 Å². The molecule has 20 heavy (non-hydrogen) atoms. The summed E-state index contributed by atoms with van der Waals surface area (Å²) in [5, 5.41) is 48.9. The van der Waals surface area contributed by atoms with Crippen LogP contribution in [0.2, 0.25) is 0 Å². The van der Waals surface area contributed by atoms with E-state index in [1.54, 1.807) is 0 Å². The molecule has 0 rings (SSSR count). The third-order valence-corrected chi connectivity index (χ3v) is 3.13. The molecule has 0 saturated heterocycles. The zero-order valence-electron chi connectivity index (χ0n) is 11.9. The van der Waals surface area contributed by atoms with Gasteiger partial charge in [0.25, 0.3) is 0 Å². The molecule has 0 aliphatic carbocycles. The molecule has 0 fully saturated rings. The zero-order valence-corrected chi connectivity index (χ0v) is 11.9. The number of rotatable bonds is 12. The van der Waals surface area contributed by atoms with Gasteiger partial charge >= 0.3 is 5.97 Å². The van der Waals surface area contributed by atoms with Crippen molar-refractivity contribution in [2.45, 2.75) is 63.4 Å². The van der Waals surface area contributed by atoms with Crippen molar-refractivity contribution in [3.05, 3.63) is 0 Å². The van der Waals surface area contributed by atoms with Crippen molar-refractivity contribution >= 4 is 5.97 Å². The first-order valence-electron chi connectivity index (χ1n) is 7.07. The Morgan fingerprint density at radius 3 is 2.15 bits per heavy atom. The summed E-state index contributed by atoms with van der Waals surface area (Å²) in [7, 11) is 0. The molecule has 0 aromatic rings. The first-order valence-corrected chi connectivity index (χ1v) is 7.07. The number of carboxylic acid groups (broad SMARTS) is 1. The average Bonchev–Trinajstić information content (AvgIpc) is 2.43. The van der Waals surface area contributed by atoms with Crippen LogP contribution in [0.1, 0.15) is 39.0 Å². The van der Waals surface area contributed by atoms with Gasteiger partial charge in [0, 0.05) is 6.54 Å².